The summed E-state index contributed by atoms with van der Waals surface area (Å²) in [6.45, 7) is 4.35. The quantitative estimate of drug-likeness (QED) is 0.211. The van der Waals surface area contributed by atoms with E-state index < -0.39 is 22.4 Å². The fraction of sp³-hybridized carbons (Fsp3) is 0.421. The van der Waals surface area contributed by atoms with Crippen molar-refractivity contribution in [3.63, 3.8) is 0 Å². The van der Waals surface area contributed by atoms with E-state index in [1.165, 1.54) is 6.21 Å². The smallest absolute Gasteiger partial charge is 0.342 e. The normalized spacial score (nSPS) is 12.0. The zero-order valence-corrected chi connectivity index (χ0v) is 17.9. The number of unbranched alkanes of at least 4 members (excludes halogenated alkanes) is 2. The minimum absolute atomic E-state index is 0.0134. The van der Waals surface area contributed by atoms with Crippen LogP contribution in [0.15, 0.2) is 37.9 Å². The van der Waals surface area contributed by atoms with Crippen molar-refractivity contribution in [3.8, 4) is 11.5 Å². The summed E-state index contributed by atoms with van der Waals surface area (Å²) in [5.74, 6) is 0.805. The summed E-state index contributed by atoms with van der Waals surface area (Å²) in [5, 5.41) is 9.01. The number of hydrogen-bond acceptors (Lipinski definition) is 8. The number of H-pyrrole nitrogens is 2. The van der Waals surface area contributed by atoms with Crippen LogP contribution in [-0.4, -0.2) is 46.3 Å². The third-order valence-electron chi connectivity index (χ3n) is 3.92. The molecule has 0 bridgehead atoms. The number of rotatable bonds is 11. The standard InChI is InChI=1S/C19H25N5O5S/c1-4-5-6-9-29-14-8-7-13(10-15(14)28-3)11-20-22-16(25)12(2)30-18-17(26)21-19(27)24-23-18/h7-8,10-12H,4-6,9H2,1-3H3,(H,22,25)(H2,21,24,26,27)/b20-11+. The fourth-order valence-corrected chi connectivity index (χ4v) is 3.07. The van der Waals surface area contributed by atoms with Crippen molar-refractivity contribution >= 4 is 23.9 Å². The van der Waals surface area contributed by atoms with Gasteiger partial charge in [-0.05, 0) is 37.1 Å². The zero-order chi connectivity index (χ0) is 21.9. The van der Waals surface area contributed by atoms with E-state index in [0.29, 0.717) is 23.7 Å². The number of carbonyl (C=O) groups is 1. The Morgan fingerprint density at radius 3 is 2.83 bits per heavy atom. The predicted octanol–water partition coefficient (Wildman–Crippen LogP) is 1.67. The predicted molar refractivity (Wildman–Crippen MR) is 115 cm³/mol. The summed E-state index contributed by atoms with van der Waals surface area (Å²) in [5.41, 5.74) is 1.76. The first kappa shape index (κ1) is 23.2. The van der Waals surface area contributed by atoms with Crippen molar-refractivity contribution < 1.29 is 14.3 Å². The minimum atomic E-state index is -0.709. The SMILES string of the molecule is CCCCCOc1ccc(/C=N/NC(=O)C(C)Sc2n[nH]c(=O)[nH]c2=O)cc1OC. The van der Waals surface area contributed by atoms with Gasteiger partial charge in [0, 0.05) is 0 Å². The highest BCUT2D eigenvalue weighted by Gasteiger charge is 2.17. The van der Waals surface area contributed by atoms with Gasteiger partial charge in [-0.3, -0.25) is 14.6 Å². The van der Waals surface area contributed by atoms with Gasteiger partial charge in [0.2, 0.25) is 0 Å². The van der Waals surface area contributed by atoms with Crippen LogP contribution in [0.1, 0.15) is 38.7 Å². The van der Waals surface area contributed by atoms with Gasteiger partial charge in [-0.15, -0.1) is 0 Å². The van der Waals surface area contributed by atoms with Crippen LogP contribution in [0.3, 0.4) is 0 Å². The van der Waals surface area contributed by atoms with E-state index in [1.807, 2.05) is 4.98 Å². The molecule has 1 aromatic carbocycles. The van der Waals surface area contributed by atoms with Gasteiger partial charge in [-0.25, -0.2) is 15.3 Å². The van der Waals surface area contributed by atoms with E-state index in [2.05, 4.69) is 27.6 Å². The summed E-state index contributed by atoms with van der Waals surface area (Å²) in [6.07, 6.45) is 4.68. The Labute approximate surface area is 177 Å². The molecule has 11 heteroatoms. The molecule has 10 nitrogen and oxygen atoms in total. The van der Waals surface area contributed by atoms with Gasteiger partial charge >= 0.3 is 5.69 Å². The third-order valence-corrected chi connectivity index (χ3v) is 4.99. The van der Waals surface area contributed by atoms with Crippen LogP contribution in [0.25, 0.3) is 0 Å². The average Bonchev–Trinajstić information content (AvgIpc) is 2.73. The molecule has 3 N–H and O–H groups in total. The Morgan fingerprint density at radius 1 is 1.33 bits per heavy atom. The molecule has 2 rings (SSSR count). The van der Waals surface area contributed by atoms with Crippen LogP contribution in [-0.2, 0) is 4.79 Å². The number of benzene rings is 1. The molecule has 1 amide bonds. The van der Waals surface area contributed by atoms with E-state index in [1.54, 1.807) is 32.2 Å². The Morgan fingerprint density at radius 2 is 2.13 bits per heavy atom. The molecule has 0 spiro atoms. The molecule has 30 heavy (non-hydrogen) atoms. The zero-order valence-electron chi connectivity index (χ0n) is 17.1. The van der Waals surface area contributed by atoms with Crippen molar-refractivity contribution in [2.75, 3.05) is 13.7 Å². The molecule has 2 aromatic rings. The molecular formula is C19H25N5O5S. The number of nitrogens with one attached hydrogen (secondary N) is 3. The van der Waals surface area contributed by atoms with Gasteiger partial charge in [-0.1, -0.05) is 31.5 Å². The lowest BCUT2D eigenvalue weighted by Crippen LogP contribution is -2.30. The van der Waals surface area contributed by atoms with Gasteiger partial charge < -0.3 is 9.47 Å². The van der Waals surface area contributed by atoms with E-state index in [0.717, 1.165) is 31.0 Å². The minimum Gasteiger partial charge on any atom is -0.493 e. The number of aromatic nitrogens is 3. The van der Waals surface area contributed by atoms with Crippen LogP contribution >= 0.6 is 11.8 Å². The molecule has 1 unspecified atom stereocenters. The number of thioether (sulfide) groups is 1. The summed E-state index contributed by atoms with van der Waals surface area (Å²) >= 11 is 0.905. The van der Waals surface area contributed by atoms with Crippen molar-refractivity contribution in [1.29, 1.82) is 0 Å². The van der Waals surface area contributed by atoms with Crippen molar-refractivity contribution in [3.05, 3.63) is 44.6 Å². The number of hydrogen-bond donors (Lipinski definition) is 3. The van der Waals surface area contributed by atoms with Crippen molar-refractivity contribution in [1.82, 2.24) is 20.6 Å². The van der Waals surface area contributed by atoms with Crippen LogP contribution in [0.2, 0.25) is 0 Å². The second-order valence-corrected chi connectivity index (χ2v) is 7.60. The monoisotopic (exact) mass is 435 g/mol. The number of ether oxygens (including phenoxy) is 2. The fourth-order valence-electron chi connectivity index (χ4n) is 2.32. The first-order chi connectivity index (χ1) is 14.4. The summed E-state index contributed by atoms with van der Waals surface area (Å²) in [6, 6.07) is 5.35. The number of carbonyl (C=O) groups excluding carboxylic acids is 1. The number of hydrazone groups is 1. The van der Waals surface area contributed by atoms with Crippen molar-refractivity contribution in [2.24, 2.45) is 5.10 Å². The van der Waals surface area contributed by atoms with E-state index in [9.17, 15) is 14.4 Å². The third kappa shape index (κ3) is 7.07. The number of amides is 1. The lowest BCUT2D eigenvalue weighted by atomic mass is 10.2. The molecule has 0 aliphatic carbocycles. The molecule has 0 saturated carbocycles. The molecule has 1 heterocycles. The Hall–Kier alpha value is -3.08. The number of nitrogens with zero attached hydrogens (tertiary/aromatic N) is 2. The largest absolute Gasteiger partial charge is 0.493 e. The highest BCUT2D eigenvalue weighted by Crippen LogP contribution is 2.27. The molecule has 1 atom stereocenters. The molecule has 0 fully saturated rings. The summed E-state index contributed by atoms with van der Waals surface area (Å²) in [4.78, 5) is 36.8. The van der Waals surface area contributed by atoms with E-state index in [-0.39, 0.29) is 5.03 Å². The van der Waals surface area contributed by atoms with Crippen LogP contribution < -0.4 is 26.1 Å². The van der Waals surface area contributed by atoms with Crippen LogP contribution in [0, 0.1) is 0 Å². The number of methoxy groups -OCH3 is 1. The topological polar surface area (TPSA) is 139 Å². The lowest BCUT2D eigenvalue weighted by Gasteiger charge is -2.11. The molecule has 162 valence electrons. The average molecular weight is 436 g/mol. The number of aromatic amines is 2. The lowest BCUT2D eigenvalue weighted by molar-refractivity contribution is -0.120. The second-order valence-electron chi connectivity index (χ2n) is 6.27. The molecule has 0 saturated heterocycles. The highest BCUT2D eigenvalue weighted by molar-refractivity contribution is 8.00. The molecule has 0 aliphatic heterocycles. The maximum absolute atomic E-state index is 12.2. The second kappa shape index (κ2) is 11.8. The highest BCUT2D eigenvalue weighted by atomic mass is 32.2. The first-order valence-electron chi connectivity index (χ1n) is 9.44. The molecule has 0 aliphatic rings. The first-order valence-corrected chi connectivity index (χ1v) is 10.3. The maximum atomic E-state index is 12.2. The maximum Gasteiger partial charge on any atom is 0.342 e. The molecular weight excluding hydrogens is 410 g/mol. The van der Waals surface area contributed by atoms with E-state index in [4.69, 9.17) is 9.47 Å². The molecule has 1 aromatic heterocycles. The van der Waals surface area contributed by atoms with Gasteiger partial charge in [0.15, 0.2) is 16.5 Å². The van der Waals surface area contributed by atoms with Crippen molar-refractivity contribution in [2.45, 2.75) is 43.4 Å². The Bertz CT molecular complexity index is 988. The Kier molecular flexibility index (Phi) is 9.13. The Balaban J connectivity index is 1.92. The van der Waals surface area contributed by atoms with Gasteiger partial charge in [-0.2, -0.15) is 10.2 Å². The van der Waals surface area contributed by atoms with Gasteiger partial charge in [0.1, 0.15) is 0 Å². The van der Waals surface area contributed by atoms with Gasteiger partial charge in [0.05, 0.1) is 25.2 Å². The summed E-state index contributed by atoms with van der Waals surface area (Å²) in [7, 11) is 1.56. The van der Waals surface area contributed by atoms with Gasteiger partial charge in [0.25, 0.3) is 11.5 Å². The van der Waals surface area contributed by atoms with E-state index >= 15 is 0 Å². The summed E-state index contributed by atoms with van der Waals surface area (Å²) < 4.78 is 11.1. The molecule has 0 radical (unpaired) electrons. The van der Waals surface area contributed by atoms with Crippen LogP contribution in [0.5, 0.6) is 11.5 Å². The van der Waals surface area contributed by atoms with Crippen LogP contribution in [0.4, 0.5) is 0 Å².